The Kier molecular flexibility index (Phi) is 6.23. The molecule has 2 unspecified atom stereocenters. The topological polar surface area (TPSA) is 12.0 Å². The summed E-state index contributed by atoms with van der Waals surface area (Å²) in [5.41, 5.74) is 1.28. The maximum Gasteiger partial charge on any atom is 0.391 e. The molecule has 0 saturated heterocycles. The standard InChI is InChI=1S/C22H28F3N/c1-16(20-13-5-10-18-9-2-3-12-21(18)20)26-14-6-8-17-7-4-11-19(15-17)22(23,24)25/h2-3,5,9-10,12-13,16-17,19,26H,4,6-8,11,14-15H2,1H3/t16-,17?,19?/m0/s1. The lowest BCUT2D eigenvalue weighted by Crippen LogP contribution is -2.29. The van der Waals surface area contributed by atoms with Crippen molar-refractivity contribution < 1.29 is 13.2 Å². The first kappa shape index (κ1) is 19.2. The lowest BCUT2D eigenvalue weighted by Gasteiger charge is -2.30. The second kappa shape index (κ2) is 8.43. The van der Waals surface area contributed by atoms with Gasteiger partial charge in [0.05, 0.1) is 5.92 Å². The van der Waals surface area contributed by atoms with Gasteiger partial charge >= 0.3 is 6.18 Å². The summed E-state index contributed by atoms with van der Waals surface area (Å²) in [5, 5.41) is 6.04. The molecule has 1 saturated carbocycles. The minimum Gasteiger partial charge on any atom is -0.310 e. The van der Waals surface area contributed by atoms with Crippen molar-refractivity contribution in [1.29, 1.82) is 0 Å². The Bertz CT molecular complexity index is 705. The summed E-state index contributed by atoms with van der Waals surface area (Å²) in [5.74, 6) is -0.853. The Morgan fingerprint density at radius 2 is 1.85 bits per heavy atom. The maximum absolute atomic E-state index is 12.9. The van der Waals surface area contributed by atoms with E-state index < -0.39 is 12.1 Å². The van der Waals surface area contributed by atoms with Crippen LogP contribution in [0.25, 0.3) is 10.8 Å². The molecule has 4 heteroatoms. The number of hydrogen-bond acceptors (Lipinski definition) is 1. The van der Waals surface area contributed by atoms with Gasteiger partial charge in [-0.15, -0.1) is 0 Å². The molecule has 0 bridgehead atoms. The first-order chi connectivity index (χ1) is 12.4. The van der Waals surface area contributed by atoms with E-state index in [4.69, 9.17) is 0 Å². The van der Waals surface area contributed by atoms with Crippen LogP contribution in [0.2, 0.25) is 0 Å². The average Bonchev–Trinajstić information content (AvgIpc) is 2.64. The van der Waals surface area contributed by atoms with Crippen LogP contribution in [0.3, 0.4) is 0 Å². The summed E-state index contributed by atoms with van der Waals surface area (Å²) in [6, 6.07) is 14.9. The molecule has 3 atom stereocenters. The SMILES string of the molecule is C[C@H](NCCCC1CCCC(C(F)(F)F)C1)c1cccc2ccccc12. The molecule has 26 heavy (non-hydrogen) atoms. The van der Waals surface area contributed by atoms with E-state index in [1.54, 1.807) is 0 Å². The number of alkyl halides is 3. The van der Waals surface area contributed by atoms with Crippen LogP contribution in [0.4, 0.5) is 13.2 Å². The second-order valence-corrected chi connectivity index (χ2v) is 7.66. The molecule has 2 aromatic rings. The van der Waals surface area contributed by atoms with Crippen molar-refractivity contribution >= 4 is 10.8 Å². The zero-order chi connectivity index (χ0) is 18.6. The van der Waals surface area contributed by atoms with Crippen LogP contribution in [-0.4, -0.2) is 12.7 Å². The van der Waals surface area contributed by atoms with Crippen LogP contribution in [0, 0.1) is 11.8 Å². The van der Waals surface area contributed by atoms with Gasteiger partial charge in [0, 0.05) is 6.04 Å². The van der Waals surface area contributed by atoms with Crippen molar-refractivity contribution in [3.63, 3.8) is 0 Å². The third-order valence-corrected chi connectivity index (χ3v) is 5.78. The van der Waals surface area contributed by atoms with Crippen molar-refractivity contribution in [3.05, 3.63) is 48.0 Å². The van der Waals surface area contributed by atoms with Crippen LogP contribution in [0.5, 0.6) is 0 Å². The summed E-state index contributed by atoms with van der Waals surface area (Å²) in [4.78, 5) is 0. The van der Waals surface area contributed by atoms with Crippen LogP contribution >= 0.6 is 0 Å². The number of fused-ring (bicyclic) bond motifs is 1. The zero-order valence-corrected chi connectivity index (χ0v) is 15.4. The highest BCUT2D eigenvalue weighted by atomic mass is 19.4. The van der Waals surface area contributed by atoms with Gasteiger partial charge in [-0.25, -0.2) is 0 Å². The summed E-state index contributed by atoms with van der Waals surface area (Å²) >= 11 is 0. The molecule has 1 aliphatic rings. The molecule has 142 valence electrons. The largest absolute Gasteiger partial charge is 0.391 e. The molecule has 3 rings (SSSR count). The quantitative estimate of drug-likeness (QED) is 0.567. The Balaban J connectivity index is 1.47. The molecule has 0 aliphatic heterocycles. The van der Waals surface area contributed by atoms with Crippen LogP contribution in [-0.2, 0) is 0 Å². The monoisotopic (exact) mass is 363 g/mol. The normalized spacial score (nSPS) is 22.5. The molecule has 1 nitrogen and oxygen atoms in total. The van der Waals surface area contributed by atoms with E-state index in [2.05, 4.69) is 48.6 Å². The first-order valence-electron chi connectivity index (χ1n) is 9.73. The van der Waals surface area contributed by atoms with Crippen molar-refractivity contribution in [2.24, 2.45) is 11.8 Å². The smallest absolute Gasteiger partial charge is 0.310 e. The third kappa shape index (κ3) is 4.79. The van der Waals surface area contributed by atoms with Crippen molar-refractivity contribution in [3.8, 4) is 0 Å². The maximum atomic E-state index is 12.9. The van der Waals surface area contributed by atoms with Crippen molar-refractivity contribution in [2.45, 2.75) is 57.7 Å². The number of nitrogens with one attached hydrogen (secondary N) is 1. The highest BCUT2D eigenvalue weighted by Crippen LogP contribution is 2.41. The first-order valence-corrected chi connectivity index (χ1v) is 9.73. The lowest BCUT2D eigenvalue weighted by molar-refractivity contribution is -0.185. The molecule has 1 N–H and O–H groups in total. The third-order valence-electron chi connectivity index (χ3n) is 5.78. The minimum absolute atomic E-state index is 0.227. The van der Waals surface area contributed by atoms with Crippen molar-refractivity contribution in [1.82, 2.24) is 5.32 Å². The molecule has 1 fully saturated rings. The van der Waals surface area contributed by atoms with Crippen LogP contribution in [0.1, 0.15) is 57.1 Å². The molecule has 0 aromatic heterocycles. The number of rotatable bonds is 6. The fraction of sp³-hybridized carbons (Fsp3) is 0.545. The summed E-state index contributed by atoms with van der Waals surface area (Å²) in [7, 11) is 0. The predicted octanol–water partition coefficient (Wildman–Crippen LogP) is 6.64. The van der Waals surface area contributed by atoms with Gasteiger partial charge in [-0.3, -0.25) is 0 Å². The number of hydrogen-bond donors (Lipinski definition) is 1. The molecular formula is C22H28F3N. The molecular weight excluding hydrogens is 335 g/mol. The Labute approximate surface area is 154 Å². The van der Waals surface area contributed by atoms with Crippen molar-refractivity contribution in [2.75, 3.05) is 6.54 Å². The predicted molar refractivity (Wildman–Crippen MR) is 101 cm³/mol. The van der Waals surface area contributed by atoms with Gasteiger partial charge in [0.1, 0.15) is 0 Å². The molecule has 0 heterocycles. The molecule has 2 aromatic carbocycles. The molecule has 1 aliphatic carbocycles. The highest BCUT2D eigenvalue weighted by Gasteiger charge is 2.41. The fourth-order valence-electron chi connectivity index (χ4n) is 4.30. The van der Waals surface area contributed by atoms with Gasteiger partial charge in [-0.2, -0.15) is 13.2 Å². The van der Waals surface area contributed by atoms with Gasteiger partial charge in [0.25, 0.3) is 0 Å². The van der Waals surface area contributed by atoms with E-state index in [9.17, 15) is 13.2 Å². The van der Waals surface area contributed by atoms with E-state index in [1.165, 1.54) is 16.3 Å². The number of halogens is 3. The van der Waals surface area contributed by atoms with E-state index >= 15 is 0 Å². The van der Waals surface area contributed by atoms with Gasteiger partial charge in [-0.05, 0) is 61.4 Å². The summed E-state index contributed by atoms with van der Waals surface area (Å²) in [6.45, 7) is 3.00. The van der Waals surface area contributed by atoms with Crippen LogP contribution in [0.15, 0.2) is 42.5 Å². The molecule has 0 amide bonds. The lowest BCUT2D eigenvalue weighted by atomic mass is 9.79. The average molecular weight is 363 g/mol. The van der Waals surface area contributed by atoms with E-state index in [0.29, 0.717) is 19.3 Å². The molecule has 0 spiro atoms. The van der Waals surface area contributed by atoms with E-state index in [0.717, 1.165) is 25.8 Å². The highest BCUT2D eigenvalue weighted by molar-refractivity contribution is 5.86. The summed E-state index contributed by atoms with van der Waals surface area (Å²) in [6.07, 6.45) is 0.116. The van der Waals surface area contributed by atoms with Crippen LogP contribution < -0.4 is 5.32 Å². The van der Waals surface area contributed by atoms with Gasteiger partial charge in [0.15, 0.2) is 0 Å². The van der Waals surface area contributed by atoms with E-state index in [1.807, 2.05) is 6.07 Å². The van der Waals surface area contributed by atoms with Gasteiger partial charge in [-0.1, -0.05) is 55.3 Å². The van der Waals surface area contributed by atoms with Gasteiger partial charge < -0.3 is 5.32 Å². The van der Waals surface area contributed by atoms with Gasteiger partial charge in [0.2, 0.25) is 0 Å². The molecule has 0 radical (unpaired) electrons. The Morgan fingerprint density at radius 1 is 1.08 bits per heavy atom. The second-order valence-electron chi connectivity index (χ2n) is 7.66. The van der Waals surface area contributed by atoms with E-state index in [-0.39, 0.29) is 12.0 Å². The number of benzene rings is 2. The fourth-order valence-corrected chi connectivity index (χ4v) is 4.30. The Morgan fingerprint density at radius 3 is 2.65 bits per heavy atom. The zero-order valence-electron chi connectivity index (χ0n) is 15.4. The summed E-state index contributed by atoms with van der Waals surface area (Å²) < 4.78 is 38.7. The minimum atomic E-state index is -4.01. The Hall–Kier alpha value is -1.55.